The van der Waals surface area contributed by atoms with E-state index in [0.717, 1.165) is 0 Å². The van der Waals surface area contributed by atoms with Crippen molar-refractivity contribution < 1.29 is 13.6 Å². The monoisotopic (exact) mass is 244 g/mol. The number of halogens is 2. The van der Waals surface area contributed by atoms with Crippen molar-refractivity contribution in [2.24, 2.45) is 0 Å². The summed E-state index contributed by atoms with van der Waals surface area (Å²) in [6, 6.07) is 11.2. The Morgan fingerprint density at radius 3 is 2.33 bits per heavy atom. The van der Waals surface area contributed by atoms with Gasteiger partial charge in [0.15, 0.2) is 5.78 Å². The molecule has 0 saturated carbocycles. The number of benzene rings is 2. The van der Waals surface area contributed by atoms with E-state index in [0.29, 0.717) is 5.56 Å². The minimum atomic E-state index is -0.448. The Kier molecular flexibility index (Phi) is 3.63. The average Bonchev–Trinajstić information content (AvgIpc) is 2.38. The van der Waals surface area contributed by atoms with Crippen LogP contribution < -0.4 is 0 Å². The first-order valence-electron chi connectivity index (χ1n) is 5.39. The fourth-order valence-electron chi connectivity index (χ4n) is 1.48. The first-order valence-corrected chi connectivity index (χ1v) is 5.39. The third-order valence-corrected chi connectivity index (χ3v) is 2.41. The Bertz CT molecular complexity index is 586. The Balaban J connectivity index is 2.14. The van der Waals surface area contributed by atoms with Crippen molar-refractivity contribution in [3.63, 3.8) is 0 Å². The first kappa shape index (κ1) is 12.2. The lowest BCUT2D eigenvalue weighted by Crippen LogP contribution is -1.94. The van der Waals surface area contributed by atoms with Gasteiger partial charge in [-0.1, -0.05) is 30.3 Å². The summed E-state index contributed by atoms with van der Waals surface area (Å²) in [6.45, 7) is 0. The number of hydrogen-bond acceptors (Lipinski definition) is 1. The van der Waals surface area contributed by atoms with Gasteiger partial charge >= 0.3 is 0 Å². The average molecular weight is 244 g/mol. The first-order chi connectivity index (χ1) is 8.65. The molecule has 0 heterocycles. The molecule has 0 atom stereocenters. The van der Waals surface area contributed by atoms with E-state index in [1.807, 2.05) is 0 Å². The summed E-state index contributed by atoms with van der Waals surface area (Å²) in [5, 5.41) is 0. The molecule has 0 spiro atoms. The zero-order valence-corrected chi connectivity index (χ0v) is 9.44. The van der Waals surface area contributed by atoms with Crippen LogP contribution in [0.2, 0.25) is 0 Å². The van der Waals surface area contributed by atoms with Crippen LogP contribution >= 0.6 is 0 Å². The maximum atomic E-state index is 12.9. The van der Waals surface area contributed by atoms with Crippen molar-refractivity contribution in [3.8, 4) is 0 Å². The van der Waals surface area contributed by atoms with Crippen molar-refractivity contribution in [3.05, 3.63) is 77.4 Å². The molecule has 0 aliphatic carbocycles. The molecule has 0 radical (unpaired) electrons. The van der Waals surface area contributed by atoms with Gasteiger partial charge in [-0.3, -0.25) is 4.79 Å². The van der Waals surface area contributed by atoms with E-state index in [1.54, 1.807) is 24.3 Å². The van der Waals surface area contributed by atoms with E-state index in [9.17, 15) is 13.6 Å². The molecule has 90 valence electrons. The zero-order chi connectivity index (χ0) is 13.0. The van der Waals surface area contributed by atoms with Crippen molar-refractivity contribution >= 4 is 11.9 Å². The minimum Gasteiger partial charge on any atom is -0.289 e. The molecular weight excluding hydrogens is 234 g/mol. The van der Waals surface area contributed by atoms with E-state index < -0.39 is 5.82 Å². The minimum absolute atomic E-state index is 0.286. The van der Waals surface area contributed by atoms with Gasteiger partial charge in [-0.15, -0.1) is 0 Å². The molecule has 18 heavy (non-hydrogen) atoms. The van der Waals surface area contributed by atoms with Crippen molar-refractivity contribution in [2.45, 2.75) is 0 Å². The number of rotatable bonds is 3. The molecule has 3 heteroatoms. The molecular formula is C15H10F2O. The maximum Gasteiger partial charge on any atom is 0.185 e. The number of hydrogen-bond donors (Lipinski definition) is 0. The predicted molar refractivity (Wildman–Crippen MR) is 66.2 cm³/mol. The summed E-state index contributed by atoms with van der Waals surface area (Å²) < 4.78 is 25.6. The van der Waals surface area contributed by atoms with Crippen molar-refractivity contribution in [2.75, 3.05) is 0 Å². The molecule has 0 saturated heterocycles. The number of ketones is 1. The molecule has 0 aromatic heterocycles. The highest BCUT2D eigenvalue weighted by Crippen LogP contribution is 2.08. The van der Waals surface area contributed by atoms with Gasteiger partial charge in [-0.2, -0.15) is 0 Å². The number of carbonyl (C=O) groups is 1. The molecule has 0 unspecified atom stereocenters. The van der Waals surface area contributed by atoms with Crippen LogP contribution in [0.3, 0.4) is 0 Å². The Hall–Kier alpha value is -2.29. The van der Waals surface area contributed by atoms with E-state index in [4.69, 9.17) is 0 Å². The predicted octanol–water partition coefficient (Wildman–Crippen LogP) is 3.86. The topological polar surface area (TPSA) is 17.1 Å². The second-order valence-corrected chi connectivity index (χ2v) is 3.76. The van der Waals surface area contributed by atoms with E-state index in [2.05, 4.69) is 0 Å². The van der Waals surface area contributed by atoms with Crippen LogP contribution in [0.5, 0.6) is 0 Å². The highest BCUT2D eigenvalue weighted by molar-refractivity contribution is 6.06. The third-order valence-electron chi connectivity index (χ3n) is 2.41. The summed E-state index contributed by atoms with van der Waals surface area (Å²) in [5.41, 5.74) is 0.995. The summed E-state index contributed by atoms with van der Waals surface area (Å²) in [6.07, 6.45) is 2.90. The van der Waals surface area contributed by atoms with Crippen LogP contribution in [0.25, 0.3) is 6.08 Å². The van der Waals surface area contributed by atoms with E-state index in [1.165, 1.54) is 36.4 Å². The van der Waals surface area contributed by atoms with E-state index in [-0.39, 0.29) is 17.2 Å². The van der Waals surface area contributed by atoms with Crippen LogP contribution in [0.15, 0.2) is 54.6 Å². The van der Waals surface area contributed by atoms with E-state index >= 15 is 0 Å². The van der Waals surface area contributed by atoms with Crippen LogP contribution in [-0.4, -0.2) is 5.78 Å². The highest BCUT2D eigenvalue weighted by atomic mass is 19.1. The fourth-order valence-corrected chi connectivity index (χ4v) is 1.48. The second kappa shape index (κ2) is 5.36. The SMILES string of the molecule is O=C(/C=C/c1ccc(F)cc1)c1cccc(F)c1. The van der Waals surface area contributed by atoms with Gasteiger partial charge in [0.05, 0.1) is 0 Å². The van der Waals surface area contributed by atoms with Gasteiger partial charge in [-0.25, -0.2) is 8.78 Å². The largest absolute Gasteiger partial charge is 0.289 e. The van der Waals surface area contributed by atoms with Crippen molar-refractivity contribution in [1.29, 1.82) is 0 Å². The second-order valence-electron chi connectivity index (χ2n) is 3.76. The highest BCUT2D eigenvalue weighted by Gasteiger charge is 2.02. The lowest BCUT2D eigenvalue weighted by molar-refractivity contribution is 0.104. The Morgan fingerprint density at radius 1 is 0.944 bits per heavy atom. The van der Waals surface area contributed by atoms with Gasteiger partial charge in [0, 0.05) is 5.56 Å². The van der Waals surface area contributed by atoms with Gasteiger partial charge < -0.3 is 0 Å². The summed E-state index contributed by atoms with van der Waals surface area (Å²) in [5.74, 6) is -1.07. The Labute approximate surface area is 103 Å². The van der Waals surface area contributed by atoms with Gasteiger partial charge in [-0.05, 0) is 35.9 Å². The van der Waals surface area contributed by atoms with Gasteiger partial charge in [0.2, 0.25) is 0 Å². The standard InChI is InChI=1S/C15H10F2O/c16-13-7-4-11(5-8-13)6-9-15(18)12-2-1-3-14(17)10-12/h1-10H/b9-6+. The summed E-state index contributed by atoms with van der Waals surface area (Å²) in [4.78, 5) is 11.7. The lowest BCUT2D eigenvalue weighted by Gasteiger charge is -1.96. The molecule has 0 aliphatic heterocycles. The molecule has 0 amide bonds. The Morgan fingerprint density at radius 2 is 1.67 bits per heavy atom. The van der Waals surface area contributed by atoms with Crippen LogP contribution in [-0.2, 0) is 0 Å². The third kappa shape index (κ3) is 3.10. The van der Waals surface area contributed by atoms with Crippen LogP contribution in [0.1, 0.15) is 15.9 Å². The molecule has 0 aliphatic rings. The van der Waals surface area contributed by atoms with Crippen molar-refractivity contribution in [1.82, 2.24) is 0 Å². The van der Waals surface area contributed by atoms with Gasteiger partial charge in [0.25, 0.3) is 0 Å². The zero-order valence-electron chi connectivity index (χ0n) is 9.44. The lowest BCUT2D eigenvalue weighted by atomic mass is 10.1. The molecule has 2 aromatic carbocycles. The normalized spacial score (nSPS) is 10.8. The molecule has 0 bridgehead atoms. The molecule has 2 rings (SSSR count). The fraction of sp³-hybridized carbons (Fsp3) is 0. The number of carbonyl (C=O) groups excluding carboxylic acids is 1. The summed E-state index contributed by atoms with van der Waals surface area (Å²) in [7, 11) is 0. The number of allylic oxidation sites excluding steroid dienone is 1. The molecule has 0 N–H and O–H groups in total. The molecule has 1 nitrogen and oxygen atoms in total. The molecule has 0 fully saturated rings. The van der Waals surface area contributed by atoms with Crippen LogP contribution in [0, 0.1) is 11.6 Å². The van der Waals surface area contributed by atoms with Gasteiger partial charge in [0.1, 0.15) is 11.6 Å². The summed E-state index contributed by atoms with van der Waals surface area (Å²) >= 11 is 0. The quantitative estimate of drug-likeness (QED) is 0.592. The van der Waals surface area contributed by atoms with Crippen LogP contribution in [0.4, 0.5) is 8.78 Å². The smallest absolute Gasteiger partial charge is 0.185 e. The maximum absolute atomic E-state index is 12.9. The molecule has 2 aromatic rings.